The zero-order valence-corrected chi connectivity index (χ0v) is 9.19. The van der Waals surface area contributed by atoms with E-state index >= 15 is 0 Å². The van der Waals surface area contributed by atoms with Crippen molar-refractivity contribution in [3.8, 4) is 12.1 Å². The highest BCUT2D eigenvalue weighted by Gasteiger charge is 2.11. The molecule has 0 aliphatic rings. The lowest BCUT2D eigenvalue weighted by Gasteiger charge is -2.07. The Kier molecular flexibility index (Phi) is 4.10. The number of carboxylic acid groups (broad SMARTS) is 1. The molecule has 0 radical (unpaired) electrons. The Balaban J connectivity index is 3.16. The van der Waals surface area contributed by atoms with Gasteiger partial charge in [-0.1, -0.05) is 17.7 Å². The third kappa shape index (κ3) is 2.97. The van der Waals surface area contributed by atoms with Crippen LogP contribution in [0.2, 0.25) is 5.02 Å². The van der Waals surface area contributed by atoms with Crippen molar-refractivity contribution in [2.45, 2.75) is 0 Å². The minimum absolute atomic E-state index is 0.0380. The van der Waals surface area contributed by atoms with Crippen LogP contribution in [0.25, 0.3) is 0 Å². The molecule has 0 saturated carbocycles. The van der Waals surface area contributed by atoms with Gasteiger partial charge >= 0.3 is 5.97 Å². The quantitative estimate of drug-likeness (QED) is 0.799. The van der Waals surface area contributed by atoms with Gasteiger partial charge in [0.25, 0.3) is 0 Å². The van der Waals surface area contributed by atoms with Crippen molar-refractivity contribution < 1.29 is 9.90 Å². The van der Waals surface area contributed by atoms with Gasteiger partial charge in [0.1, 0.15) is 17.7 Å². The standard InChI is InChI=1S/C11H6ClN3O2/c12-9-3-1-2-8(11(16)17)10(9)15-6-7(4-13)5-14/h1-3,6,15H,(H,16,17). The van der Waals surface area contributed by atoms with Gasteiger partial charge in [-0.25, -0.2) is 4.79 Å². The maximum Gasteiger partial charge on any atom is 0.337 e. The Morgan fingerprint density at radius 2 is 2.06 bits per heavy atom. The van der Waals surface area contributed by atoms with Crippen molar-refractivity contribution in [2.24, 2.45) is 0 Å². The Hall–Kier alpha value is -2.50. The average molecular weight is 248 g/mol. The molecule has 1 rings (SSSR count). The van der Waals surface area contributed by atoms with E-state index in [0.29, 0.717) is 0 Å². The molecule has 0 fully saturated rings. The van der Waals surface area contributed by atoms with E-state index in [-0.39, 0.29) is 21.8 Å². The number of rotatable bonds is 3. The van der Waals surface area contributed by atoms with E-state index in [2.05, 4.69) is 5.32 Å². The topological polar surface area (TPSA) is 96.9 Å². The smallest absolute Gasteiger partial charge is 0.337 e. The van der Waals surface area contributed by atoms with Gasteiger partial charge in [-0.05, 0) is 12.1 Å². The number of anilines is 1. The van der Waals surface area contributed by atoms with E-state index in [0.717, 1.165) is 6.20 Å². The largest absolute Gasteiger partial charge is 0.478 e. The Morgan fingerprint density at radius 3 is 2.59 bits per heavy atom. The molecular weight excluding hydrogens is 242 g/mol. The number of para-hydroxylation sites is 1. The fraction of sp³-hybridized carbons (Fsp3) is 0. The van der Waals surface area contributed by atoms with Crippen LogP contribution in [-0.2, 0) is 0 Å². The SMILES string of the molecule is N#CC(C#N)=CNc1c(Cl)cccc1C(=O)O. The second-order valence-corrected chi connectivity index (χ2v) is 3.30. The lowest BCUT2D eigenvalue weighted by atomic mass is 10.2. The molecule has 0 heterocycles. The average Bonchev–Trinajstić information content (AvgIpc) is 2.31. The molecule has 0 saturated heterocycles. The van der Waals surface area contributed by atoms with Gasteiger partial charge in [0.2, 0.25) is 0 Å². The number of carboxylic acids is 1. The number of allylic oxidation sites excluding steroid dienone is 1. The number of nitrogens with one attached hydrogen (secondary N) is 1. The second kappa shape index (κ2) is 5.55. The highest BCUT2D eigenvalue weighted by atomic mass is 35.5. The molecule has 17 heavy (non-hydrogen) atoms. The van der Waals surface area contributed by atoms with Gasteiger partial charge < -0.3 is 10.4 Å². The summed E-state index contributed by atoms with van der Waals surface area (Å²) in [7, 11) is 0. The van der Waals surface area contributed by atoms with E-state index < -0.39 is 5.97 Å². The van der Waals surface area contributed by atoms with Gasteiger partial charge in [-0.3, -0.25) is 0 Å². The van der Waals surface area contributed by atoms with Crippen molar-refractivity contribution in [2.75, 3.05) is 5.32 Å². The summed E-state index contributed by atoms with van der Waals surface area (Å²) < 4.78 is 0. The Bertz CT molecular complexity index is 551. The molecule has 1 aromatic rings. The second-order valence-electron chi connectivity index (χ2n) is 2.89. The predicted molar refractivity (Wildman–Crippen MR) is 61.3 cm³/mol. The van der Waals surface area contributed by atoms with Crippen LogP contribution >= 0.6 is 11.6 Å². The molecule has 0 amide bonds. The zero-order valence-electron chi connectivity index (χ0n) is 8.44. The minimum atomic E-state index is -1.15. The number of carbonyl (C=O) groups is 1. The van der Waals surface area contributed by atoms with Crippen molar-refractivity contribution >= 4 is 23.3 Å². The molecule has 6 heteroatoms. The lowest BCUT2D eigenvalue weighted by molar-refractivity contribution is 0.0698. The fourth-order valence-electron chi connectivity index (χ4n) is 1.08. The van der Waals surface area contributed by atoms with Gasteiger partial charge in [0.15, 0.2) is 0 Å². The Morgan fingerprint density at radius 1 is 1.41 bits per heavy atom. The summed E-state index contributed by atoms with van der Waals surface area (Å²) in [5.74, 6) is -1.15. The van der Waals surface area contributed by atoms with E-state index in [9.17, 15) is 4.79 Å². The monoisotopic (exact) mass is 247 g/mol. The number of hydrogen-bond acceptors (Lipinski definition) is 4. The van der Waals surface area contributed by atoms with Gasteiger partial charge in [0.05, 0.1) is 16.3 Å². The molecule has 0 bridgehead atoms. The fourth-order valence-corrected chi connectivity index (χ4v) is 1.31. The van der Waals surface area contributed by atoms with Crippen LogP contribution in [-0.4, -0.2) is 11.1 Å². The third-order valence-electron chi connectivity index (χ3n) is 1.85. The number of hydrogen-bond donors (Lipinski definition) is 2. The van der Waals surface area contributed by atoms with E-state index in [1.54, 1.807) is 12.1 Å². The number of nitrogens with zero attached hydrogens (tertiary/aromatic N) is 2. The third-order valence-corrected chi connectivity index (χ3v) is 2.16. The maximum absolute atomic E-state index is 10.9. The van der Waals surface area contributed by atoms with Crippen LogP contribution < -0.4 is 5.32 Å². The lowest BCUT2D eigenvalue weighted by Crippen LogP contribution is -2.03. The summed E-state index contributed by atoms with van der Waals surface area (Å²) in [6.07, 6.45) is 1.10. The van der Waals surface area contributed by atoms with Crippen molar-refractivity contribution in [3.05, 3.63) is 40.6 Å². The van der Waals surface area contributed by atoms with Crippen molar-refractivity contribution in [1.82, 2.24) is 0 Å². The van der Waals surface area contributed by atoms with Crippen LogP contribution in [0.15, 0.2) is 30.0 Å². The molecule has 0 unspecified atom stereocenters. The first-order valence-electron chi connectivity index (χ1n) is 4.39. The number of nitriles is 2. The molecule has 0 aromatic heterocycles. The molecule has 0 aliphatic heterocycles. The highest BCUT2D eigenvalue weighted by Crippen LogP contribution is 2.26. The summed E-state index contributed by atoms with van der Waals surface area (Å²) in [5.41, 5.74) is -0.0742. The highest BCUT2D eigenvalue weighted by molar-refractivity contribution is 6.34. The number of aromatic carboxylic acids is 1. The first-order chi connectivity index (χ1) is 8.10. The van der Waals surface area contributed by atoms with Gasteiger partial charge in [-0.15, -0.1) is 0 Å². The first kappa shape index (κ1) is 12.6. The molecule has 1 aromatic carbocycles. The van der Waals surface area contributed by atoms with Crippen molar-refractivity contribution in [3.63, 3.8) is 0 Å². The molecule has 84 valence electrons. The molecule has 2 N–H and O–H groups in total. The summed E-state index contributed by atoms with van der Waals surface area (Å²) in [6, 6.07) is 7.64. The molecule has 0 aliphatic carbocycles. The molecule has 0 atom stereocenters. The van der Waals surface area contributed by atoms with E-state index in [1.165, 1.54) is 18.2 Å². The van der Waals surface area contributed by atoms with Gasteiger partial charge in [0, 0.05) is 6.20 Å². The maximum atomic E-state index is 10.9. The van der Waals surface area contributed by atoms with Crippen LogP contribution in [0.3, 0.4) is 0 Å². The van der Waals surface area contributed by atoms with Crippen LogP contribution in [0.5, 0.6) is 0 Å². The van der Waals surface area contributed by atoms with Gasteiger partial charge in [-0.2, -0.15) is 10.5 Å². The van der Waals surface area contributed by atoms with Crippen molar-refractivity contribution in [1.29, 1.82) is 10.5 Å². The predicted octanol–water partition coefficient (Wildman–Crippen LogP) is 2.38. The minimum Gasteiger partial charge on any atom is -0.478 e. The molecular formula is C11H6ClN3O2. The summed E-state index contributed by atoms with van der Waals surface area (Å²) >= 11 is 5.82. The normalized spacial score (nSPS) is 8.65. The van der Waals surface area contributed by atoms with Crippen LogP contribution in [0.4, 0.5) is 5.69 Å². The first-order valence-corrected chi connectivity index (χ1v) is 4.76. The summed E-state index contributed by atoms with van der Waals surface area (Å²) in [4.78, 5) is 10.9. The van der Waals surface area contributed by atoms with Crippen LogP contribution in [0, 0.1) is 22.7 Å². The van der Waals surface area contributed by atoms with Crippen LogP contribution in [0.1, 0.15) is 10.4 Å². The Labute approximate surface area is 102 Å². The molecule has 5 nitrogen and oxygen atoms in total. The van der Waals surface area contributed by atoms with E-state index in [1.807, 2.05) is 0 Å². The summed E-state index contributed by atoms with van der Waals surface area (Å²) in [5, 5.41) is 28.7. The molecule has 0 spiro atoms. The summed E-state index contributed by atoms with van der Waals surface area (Å²) in [6.45, 7) is 0. The number of benzene rings is 1. The number of halogens is 1. The zero-order chi connectivity index (χ0) is 12.8. The van der Waals surface area contributed by atoms with E-state index in [4.69, 9.17) is 27.2 Å².